The van der Waals surface area contributed by atoms with Crippen molar-refractivity contribution in [3.63, 3.8) is 0 Å². The normalized spacial score (nSPS) is 10.9. The zero-order valence-corrected chi connectivity index (χ0v) is 17.0. The van der Waals surface area contributed by atoms with Crippen LogP contribution in [0, 0.1) is 0 Å². The monoisotopic (exact) mass is 432 g/mol. The maximum absolute atomic E-state index is 12.8. The van der Waals surface area contributed by atoms with E-state index in [1.807, 2.05) is 6.92 Å². The number of benzene rings is 2. The van der Waals surface area contributed by atoms with E-state index in [0.29, 0.717) is 34.6 Å². The third kappa shape index (κ3) is 5.47. The molecular weight excluding hydrogens is 410 g/mol. The SMILES string of the molecule is CCNC(=O)COc1ccc(CNC(=O)c2ccc3nc(C(F)F)[nH]c3c2)cc1OC. The van der Waals surface area contributed by atoms with Crippen molar-refractivity contribution in [3.8, 4) is 11.5 Å². The zero-order valence-electron chi connectivity index (χ0n) is 17.0. The number of hydrogen-bond acceptors (Lipinski definition) is 5. The second kappa shape index (κ2) is 9.88. The molecule has 0 bridgehead atoms. The van der Waals surface area contributed by atoms with Gasteiger partial charge in [0.05, 0.1) is 18.1 Å². The maximum Gasteiger partial charge on any atom is 0.295 e. The van der Waals surface area contributed by atoms with E-state index in [1.54, 1.807) is 18.2 Å². The number of carbonyl (C=O) groups is 2. The van der Waals surface area contributed by atoms with Gasteiger partial charge in [-0.25, -0.2) is 13.8 Å². The number of H-pyrrole nitrogens is 1. The Morgan fingerprint density at radius 1 is 1.13 bits per heavy atom. The number of alkyl halides is 2. The lowest BCUT2D eigenvalue weighted by Gasteiger charge is -2.12. The number of rotatable bonds is 9. The van der Waals surface area contributed by atoms with Gasteiger partial charge in [0, 0.05) is 18.7 Å². The average molecular weight is 432 g/mol. The standard InChI is InChI=1S/C21H22F2N4O4/c1-3-24-18(28)11-31-16-7-4-12(8-17(16)30-2)10-25-21(29)13-5-6-14-15(9-13)27-20(26-14)19(22)23/h4-9,19H,3,10-11H2,1-2H3,(H,24,28)(H,25,29)(H,26,27). The van der Waals surface area contributed by atoms with Gasteiger partial charge in [-0.2, -0.15) is 0 Å². The van der Waals surface area contributed by atoms with Crippen molar-refractivity contribution in [3.05, 3.63) is 53.3 Å². The molecule has 2 amide bonds. The molecule has 0 aliphatic heterocycles. The topological polar surface area (TPSA) is 105 Å². The van der Waals surface area contributed by atoms with Crippen LogP contribution >= 0.6 is 0 Å². The summed E-state index contributed by atoms with van der Waals surface area (Å²) in [6.45, 7) is 2.40. The Hall–Kier alpha value is -3.69. The number of fused-ring (bicyclic) bond motifs is 1. The zero-order chi connectivity index (χ0) is 22.4. The largest absolute Gasteiger partial charge is 0.493 e. The summed E-state index contributed by atoms with van der Waals surface area (Å²) >= 11 is 0. The van der Waals surface area contributed by atoms with E-state index in [-0.39, 0.29) is 25.0 Å². The number of aromatic amines is 1. The summed E-state index contributed by atoms with van der Waals surface area (Å²) in [5, 5.41) is 5.40. The van der Waals surface area contributed by atoms with E-state index in [0.717, 1.165) is 5.56 Å². The molecular formula is C21H22F2N4O4. The van der Waals surface area contributed by atoms with Gasteiger partial charge in [-0.1, -0.05) is 6.07 Å². The smallest absolute Gasteiger partial charge is 0.295 e. The highest BCUT2D eigenvalue weighted by Crippen LogP contribution is 2.28. The van der Waals surface area contributed by atoms with Crippen LogP contribution < -0.4 is 20.1 Å². The lowest BCUT2D eigenvalue weighted by molar-refractivity contribution is -0.123. The first-order valence-electron chi connectivity index (χ1n) is 9.53. The fraction of sp³-hybridized carbons (Fsp3) is 0.286. The Labute approximate surface area is 176 Å². The number of likely N-dealkylation sites (N-methyl/N-ethyl adjacent to an activating group) is 1. The lowest BCUT2D eigenvalue weighted by Crippen LogP contribution is -2.28. The Bertz CT molecular complexity index is 1080. The minimum atomic E-state index is -2.72. The van der Waals surface area contributed by atoms with E-state index in [2.05, 4.69) is 20.6 Å². The first-order valence-corrected chi connectivity index (χ1v) is 9.53. The molecule has 0 radical (unpaired) electrons. The maximum atomic E-state index is 12.8. The van der Waals surface area contributed by atoms with E-state index < -0.39 is 12.2 Å². The van der Waals surface area contributed by atoms with Crippen molar-refractivity contribution in [2.24, 2.45) is 0 Å². The molecule has 0 saturated heterocycles. The third-order valence-corrected chi connectivity index (χ3v) is 4.38. The van der Waals surface area contributed by atoms with E-state index >= 15 is 0 Å². The molecule has 31 heavy (non-hydrogen) atoms. The predicted octanol–water partition coefficient (Wildman–Crippen LogP) is 2.95. The van der Waals surface area contributed by atoms with Crippen LogP contribution in [0.4, 0.5) is 8.78 Å². The van der Waals surface area contributed by atoms with Crippen molar-refractivity contribution >= 4 is 22.8 Å². The number of aromatic nitrogens is 2. The molecule has 0 spiro atoms. The van der Waals surface area contributed by atoms with Crippen LogP contribution in [-0.2, 0) is 11.3 Å². The summed E-state index contributed by atoms with van der Waals surface area (Å²) in [5.41, 5.74) is 1.78. The van der Waals surface area contributed by atoms with Crippen LogP contribution in [0.1, 0.15) is 35.1 Å². The second-order valence-corrected chi connectivity index (χ2v) is 6.56. The van der Waals surface area contributed by atoms with Gasteiger partial charge >= 0.3 is 0 Å². The highest BCUT2D eigenvalue weighted by molar-refractivity contribution is 5.97. The van der Waals surface area contributed by atoms with Crippen LogP contribution in [0.25, 0.3) is 11.0 Å². The molecule has 3 rings (SSSR count). The van der Waals surface area contributed by atoms with E-state index in [9.17, 15) is 18.4 Å². The van der Waals surface area contributed by atoms with Gasteiger partial charge in [0.2, 0.25) is 0 Å². The number of imidazole rings is 1. The third-order valence-electron chi connectivity index (χ3n) is 4.38. The molecule has 0 aliphatic carbocycles. The van der Waals surface area contributed by atoms with E-state index in [1.165, 1.54) is 25.3 Å². The van der Waals surface area contributed by atoms with Crippen molar-refractivity contribution in [1.29, 1.82) is 0 Å². The first-order chi connectivity index (χ1) is 14.9. The Morgan fingerprint density at radius 3 is 2.65 bits per heavy atom. The molecule has 0 aliphatic rings. The van der Waals surface area contributed by atoms with Gasteiger partial charge < -0.3 is 25.1 Å². The van der Waals surface area contributed by atoms with Crippen LogP contribution in [-0.4, -0.2) is 42.0 Å². The van der Waals surface area contributed by atoms with Gasteiger partial charge in [0.25, 0.3) is 18.2 Å². The van der Waals surface area contributed by atoms with Crippen LogP contribution in [0.2, 0.25) is 0 Å². The number of halogens is 2. The van der Waals surface area contributed by atoms with Crippen molar-refractivity contribution in [1.82, 2.24) is 20.6 Å². The Kier molecular flexibility index (Phi) is 7.01. The molecule has 3 N–H and O–H groups in total. The molecule has 0 saturated carbocycles. The summed E-state index contributed by atoms with van der Waals surface area (Å²) < 4.78 is 36.3. The fourth-order valence-corrected chi connectivity index (χ4v) is 2.89. The van der Waals surface area contributed by atoms with E-state index in [4.69, 9.17) is 9.47 Å². The Balaban J connectivity index is 1.64. The summed E-state index contributed by atoms with van der Waals surface area (Å²) in [5.74, 6) is -0.214. The molecule has 0 fully saturated rings. The summed E-state index contributed by atoms with van der Waals surface area (Å²) in [6.07, 6.45) is -2.72. The van der Waals surface area contributed by atoms with Crippen LogP contribution in [0.5, 0.6) is 11.5 Å². The fourth-order valence-electron chi connectivity index (χ4n) is 2.89. The van der Waals surface area contributed by atoms with Gasteiger partial charge in [-0.3, -0.25) is 9.59 Å². The van der Waals surface area contributed by atoms with Gasteiger partial charge in [0.15, 0.2) is 23.9 Å². The molecule has 2 aromatic carbocycles. The highest BCUT2D eigenvalue weighted by Gasteiger charge is 2.15. The number of hydrogen-bond donors (Lipinski definition) is 3. The van der Waals surface area contributed by atoms with Crippen molar-refractivity contribution in [2.45, 2.75) is 19.9 Å². The molecule has 1 heterocycles. The van der Waals surface area contributed by atoms with Crippen LogP contribution in [0.15, 0.2) is 36.4 Å². The molecule has 164 valence electrons. The molecule has 10 heteroatoms. The number of nitrogens with zero attached hydrogens (tertiary/aromatic N) is 1. The Morgan fingerprint density at radius 2 is 1.94 bits per heavy atom. The summed E-state index contributed by atoms with van der Waals surface area (Å²) in [6, 6.07) is 9.59. The average Bonchev–Trinajstić information content (AvgIpc) is 3.20. The number of nitrogens with one attached hydrogen (secondary N) is 3. The molecule has 1 aromatic heterocycles. The molecule has 3 aromatic rings. The van der Waals surface area contributed by atoms with Crippen molar-refractivity contribution < 1.29 is 27.8 Å². The number of carbonyl (C=O) groups excluding carboxylic acids is 2. The molecule has 0 unspecified atom stereocenters. The number of methoxy groups -OCH3 is 1. The quantitative estimate of drug-likeness (QED) is 0.482. The van der Waals surface area contributed by atoms with Gasteiger partial charge in [-0.05, 0) is 42.8 Å². The van der Waals surface area contributed by atoms with Crippen molar-refractivity contribution in [2.75, 3.05) is 20.3 Å². The predicted molar refractivity (Wildman–Crippen MR) is 109 cm³/mol. The second-order valence-electron chi connectivity index (χ2n) is 6.56. The van der Waals surface area contributed by atoms with Crippen LogP contribution in [0.3, 0.4) is 0 Å². The number of ether oxygens (including phenoxy) is 2. The first kappa shape index (κ1) is 22.0. The number of amides is 2. The lowest BCUT2D eigenvalue weighted by atomic mass is 10.1. The molecule has 0 atom stereocenters. The van der Waals surface area contributed by atoms with Gasteiger partial charge in [-0.15, -0.1) is 0 Å². The summed E-state index contributed by atoms with van der Waals surface area (Å²) in [4.78, 5) is 30.3. The minimum absolute atomic E-state index is 0.135. The summed E-state index contributed by atoms with van der Waals surface area (Å²) in [7, 11) is 1.48. The minimum Gasteiger partial charge on any atom is -0.493 e. The highest BCUT2D eigenvalue weighted by atomic mass is 19.3. The molecule has 8 nitrogen and oxygen atoms in total. The van der Waals surface area contributed by atoms with Gasteiger partial charge in [0.1, 0.15) is 0 Å².